The highest BCUT2D eigenvalue weighted by Gasteiger charge is 2.41. The van der Waals surface area contributed by atoms with Crippen LogP contribution in [0.25, 0.3) is 11.1 Å². The number of hydrogen-bond acceptors (Lipinski definition) is 3. The Balaban J connectivity index is 1.41. The summed E-state index contributed by atoms with van der Waals surface area (Å²) in [6.45, 7) is 0.938. The monoisotopic (exact) mass is 435 g/mol. The molecule has 5 rings (SSSR count). The number of fused-ring (bicyclic) bond motifs is 2. The lowest BCUT2D eigenvalue weighted by atomic mass is 9.88. The highest BCUT2D eigenvalue weighted by Crippen LogP contribution is 2.32. The van der Waals surface area contributed by atoms with Gasteiger partial charge in [0.1, 0.15) is 11.9 Å². The van der Waals surface area contributed by atoms with Crippen molar-refractivity contribution in [1.29, 1.82) is 0 Å². The van der Waals surface area contributed by atoms with Crippen molar-refractivity contribution in [3.8, 4) is 11.1 Å². The number of halogens is 1. The van der Waals surface area contributed by atoms with Crippen LogP contribution in [0.2, 0.25) is 0 Å². The number of carbonyl (C=O) groups excluding carboxylic acids is 3. The number of benzene rings is 2. The molecule has 3 amide bonds. The number of anilines is 1. The minimum absolute atomic E-state index is 0.0281. The second-order valence-electron chi connectivity index (χ2n) is 8.86. The molecule has 32 heavy (non-hydrogen) atoms. The third kappa shape index (κ3) is 3.66. The molecule has 1 saturated carbocycles. The fourth-order valence-electron chi connectivity index (χ4n) is 5.12. The van der Waals surface area contributed by atoms with Gasteiger partial charge in [-0.05, 0) is 36.6 Å². The summed E-state index contributed by atoms with van der Waals surface area (Å²) >= 11 is 0. The quantitative estimate of drug-likeness (QED) is 0.783. The molecule has 0 bridgehead atoms. The Bertz CT molecular complexity index is 1080. The Morgan fingerprint density at radius 3 is 2.53 bits per heavy atom. The van der Waals surface area contributed by atoms with E-state index < -0.39 is 6.04 Å². The van der Waals surface area contributed by atoms with Gasteiger partial charge in [0.25, 0.3) is 5.91 Å². The fourth-order valence-corrected chi connectivity index (χ4v) is 5.12. The maximum Gasteiger partial charge on any atom is 0.256 e. The largest absolute Gasteiger partial charge is 0.338 e. The fraction of sp³-hybridized carbons (Fsp3) is 0.400. The first-order valence-electron chi connectivity index (χ1n) is 11.3. The zero-order chi connectivity index (χ0) is 22.2. The third-order valence-electron chi connectivity index (χ3n) is 6.90. The summed E-state index contributed by atoms with van der Waals surface area (Å²) in [6.07, 6.45) is 5.11. The van der Waals surface area contributed by atoms with Crippen LogP contribution in [0.3, 0.4) is 0 Å². The molecule has 0 radical (unpaired) electrons. The van der Waals surface area contributed by atoms with Gasteiger partial charge in [0, 0.05) is 24.6 Å². The molecule has 1 N–H and O–H groups in total. The average molecular weight is 435 g/mol. The molecule has 166 valence electrons. The van der Waals surface area contributed by atoms with Gasteiger partial charge in [-0.25, -0.2) is 4.39 Å². The number of nitrogens with one attached hydrogen (secondary N) is 1. The lowest BCUT2D eigenvalue weighted by Gasteiger charge is -2.40. The minimum atomic E-state index is -0.729. The summed E-state index contributed by atoms with van der Waals surface area (Å²) < 4.78 is 14.3. The SMILES string of the molecule is O=C1Nc2ccc(-c3ccccc3F)cc2C(=O)N2CCN(C(=O)C3CCCCC3)CC12. The van der Waals surface area contributed by atoms with E-state index in [0.717, 1.165) is 25.7 Å². The van der Waals surface area contributed by atoms with E-state index in [1.54, 1.807) is 46.2 Å². The van der Waals surface area contributed by atoms with Crippen LogP contribution in [-0.2, 0) is 9.59 Å². The predicted molar refractivity (Wildman–Crippen MR) is 118 cm³/mol. The molecule has 1 unspecified atom stereocenters. The Hall–Kier alpha value is -3.22. The van der Waals surface area contributed by atoms with Gasteiger partial charge in [0.15, 0.2) is 0 Å². The van der Waals surface area contributed by atoms with Crippen LogP contribution in [0, 0.1) is 11.7 Å². The lowest BCUT2D eigenvalue weighted by molar-refractivity contribution is -0.140. The molecule has 2 aromatic rings. The Morgan fingerprint density at radius 2 is 1.75 bits per heavy atom. The van der Waals surface area contributed by atoms with Gasteiger partial charge in [-0.15, -0.1) is 0 Å². The van der Waals surface area contributed by atoms with Gasteiger partial charge < -0.3 is 15.1 Å². The standard InChI is InChI=1S/C25H26FN3O3/c26-20-9-5-4-8-18(20)17-10-11-21-19(14-17)25(32)29-13-12-28(15-22(29)23(30)27-21)24(31)16-6-2-1-3-7-16/h4-5,8-11,14,16,22H,1-3,6-7,12-13,15H2,(H,27,30). The van der Waals surface area contributed by atoms with Crippen molar-refractivity contribution >= 4 is 23.4 Å². The van der Waals surface area contributed by atoms with E-state index in [9.17, 15) is 18.8 Å². The first-order valence-corrected chi connectivity index (χ1v) is 11.3. The Morgan fingerprint density at radius 1 is 0.969 bits per heavy atom. The van der Waals surface area contributed by atoms with E-state index in [1.807, 2.05) is 0 Å². The molecule has 2 heterocycles. The molecule has 0 aromatic heterocycles. The summed E-state index contributed by atoms with van der Waals surface area (Å²) in [7, 11) is 0. The number of piperazine rings is 1. The molecular formula is C25H26FN3O3. The number of carbonyl (C=O) groups is 3. The van der Waals surface area contributed by atoms with Gasteiger partial charge in [-0.1, -0.05) is 43.5 Å². The molecule has 6 nitrogen and oxygen atoms in total. The Labute approximate surface area is 186 Å². The zero-order valence-corrected chi connectivity index (χ0v) is 17.9. The van der Waals surface area contributed by atoms with Gasteiger partial charge in [0.2, 0.25) is 11.8 Å². The summed E-state index contributed by atoms with van der Waals surface area (Å²) in [4.78, 5) is 42.7. The van der Waals surface area contributed by atoms with E-state index in [4.69, 9.17) is 0 Å². The van der Waals surface area contributed by atoms with E-state index in [2.05, 4.69) is 5.32 Å². The van der Waals surface area contributed by atoms with Gasteiger partial charge in [-0.2, -0.15) is 0 Å². The molecule has 0 spiro atoms. The van der Waals surface area contributed by atoms with Gasteiger partial charge in [-0.3, -0.25) is 14.4 Å². The highest BCUT2D eigenvalue weighted by atomic mass is 19.1. The average Bonchev–Trinajstić information content (AvgIpc) is 2.93. The molecule has 2 aliphatic heterocycles. The van der Waals surface area contributed by atoms with Crippen molar-refractivity contribution in [2.45, 2.75) is 38.1 Å². The summed E-state index contributed by atoms with van der Waals surface area (Å²) in [6, 6.07) is 10.7. The number of rotatable bonds is 2. The van der Waals surface area contributed by atoms with Crippen LogP contribution >= 0.6 is 0 Å². The van der Waals surface area contributed by atoms with Crippen molar-refractivity contribution in [2.24, 2.45) is 5.92 Å². The van der Waals surface area contributed by atoms with Gasteiger partial charge >= 0.3 is 0 Å². The second-order valence-corrected chi connectivity index (χ2v) is 8.86. The molecule has 2 aromatic carbocycles. The molecule has 3 aliphatic rings. The van der Waals surface area contributed by atoms with E-state index in [0.29, 0.717) is 35.5 Å². The van der Waals surface area contributed by atoms with Crippen molar-refractivity contribution in [2.75, 3.05) is 25.0 Å². The van der Waals surface area contributed by atoms with Crippen LogP contribution in [0.5, 0.6) is 0 Å². The molecule has 7 heteroatoms. The molecule has 1 atom stereocenters. The maximum atomic E-state index is 14.3. The van der Waals surface area contributed by atoms with E-state index in [-0.39, 0.29) is 36.0 Å². The van der Waals surface area contributed by atoms with Crippen molar-refractivity contribution in [1.82, 2.24) is 9.80 Å². The van der Waals surface area contributed by atoms with Crippen LogP contribution < -0.4 is 5.32 Å². The molecule has 1 aliphatic carbocycles. The Kier molecular flexibility index (Phi) is 5.41. The summed E-state index contributed by atoms with van der Waals surface area (Å²) in [5.41, 5.74) is 1.74. The second kappa shape index (κ2) is 8.37. The smallest absolute Gasteiger partial charge is 0.256 e. The predicted octanol–water partition coefficient (Wildman–Crippen LogP) is 3.68. The number of amides is 3. The molecular weight excluding hydrogens is 409 g/mol. The van der Waals surface area contributed by atoms with E-state index >= 15 is 0 Å². The molecule has 1 saturated heterocycles. The maximum absolute atomic E-state index is 14.3. The van der Waals surface area contributed by atoms with Crippen LogP contribution in [0.4, 0.5) is 10.1 Å². The normalized spacial score (nSPS) is 21.5. The van der Waals surface area contributed by atoms with Crippen LogP contribution in [-0.4, -0.2) is 53.2 Å². The zero-order valence-electron chi connectivity index (χ0n) is 17.9. The number of nitrogens with zero attached hydrogens (tertiary/aromatic N) is 2. The van der Waals surface area contributed by atoms with Gasteiger partial charge in [0.05, 0.1) is 17.8 Å². The van der Waals surface area contributed by atoms with Crippen molar-refractivity contribution in [3.05, 3.63) is 53.8 Å². The topological polar surface area (TPSA) is 69.7 Å². The number of hydrogen-bond donors (Lipinski definition) is 1. The minimum Gasteiger partial charge on any atom is -0.338 e. The first kappa shape index (κ1) is 20.7. The summed E-state index contributed by atoms with van der Waals surface area (Å²) in [5.74, 6) is -0.804. The van der Waals surface area contributed by atoms with Crippen molar-refractivity contribution in [3.63, 3.8) is 0 Å². The van der Waals surface area contributed by atoms with E-state index in [1.165, 1.54) is 12.5 Å². The summed E-state index contributed by atoms with van der Waals surface area (Å²) in [5, 5.41) is 2.85. The molecule has 2 fully saturated rings. The highest BCUT2D eigenvalue weighted by molar-refractivity contribution is 6.10. The van der Waals surface area contributed by atoms with Crippen LogP contribution in [0.1, 0.15) is 42.5 Å². The first-order chi connectivity index (χ1) is 15.5. The van der Waals surface area contributed by atoms with Crippen molar-refractivity contribution < 1.29 is 18.8 Å². The lowest BCUT2D eigenvalue weighted by Crippen LogP contribution is -2.60. The third-order valence-corrected chi connectivity index (χ3v) is 6.90. The van der Waals surface area contributed by atoms with Crippen LogP contribution in [0.15, 0.2) is 42.5 Å².